The fourth-order valence-corrected chi connectivity index (χ4v) is 1.54. The van der Waals surface area contributed by atoms with E-state index in [9.17, 15) is 18.0 Å². The Morgan fingerprint density at radius 3 is 2.11 bits per heavy atom. The summed E-state index contributed by atoms with van der Waals surface area (Å²) >= 11 is 0. The molecule has 0 heterocycles. The van der Waals surface area contributed by atoms with Gasteiger partial charge in [-0.25, -0.2) is 0 Å². The molecule has 1 N–H and O–H groups in total. The van der Waals surface area contributed by atoms with Crippen LogP contribution in [0.3, 0.4) is 0 Å². The molecular formula is C12H11F3N2O. The normalized spacial score (nSPS) is 14.4. The van der Waals surface area contributed by atoms with Gasteiger partial charge in [0.15, 0.2) is 5.54 Å². The molecular weight excluding hydrogens is 245 g/mol. The minimum absolute atomic E-state index is 0.121. The van der Waals surface area contributed by atoms with Gasteiger partial charge in [0.05, 0.1) is 11.6 Å². The van der Waals surface area contributed by atoms with Crippen LogP contribution in [0.4, 0.5) is 13.2 Å². The van der Waals surface area contributed by atoms with Crippen LogP contribution in [0.15, 0.2) is 24.3 Å². The molecule has 1 aromatic rings. The number of nitriles is 1. The number of carbonyl (C=O) groups is 1. The molecule has 1 amide bonds. The van der Waals surface area contributed by atoms with Crippen molar-refractivity contribution in [3.8, 4) is 6.07 Å². The summed E-state index contributed by atoms with van der Waals surface area (Å²) in [7, 11) is 0. The molecule has 1 aromatic carbocycles. The van der Waals surface area contributed by atoms with E-state index in [1.165, 1.54) is 24.3 Å². The Balaban J connectivity index is 3.26. The first-order valence-corrected chi connectivity index (χ1v) is 5.07. The summed E-state index contributed by atoms with van der Waals surface area (Å²) in [6, 6.07) is 6.74. The summed E-state index contributed by atoms with van der Waals surface area (Å²) < 4.78 is 39.2. The molecule has 0 bridgehead atoms. The van der Waals surface area contributed by atoms with Crippen LogP contribution < -0.4 is 5.32 Å². The highest BCUT2D eigenvalue weighted by molar-refractivity contribution is 5.74. The second-order valence-corrected chi connectivity index (χ2v) is 3.99. The smallest absolute Gasteiger partial charge is 0.339 e. The molecule has 6 heteroatoms. The first-order chi connectivity index (χ1) is 8.20. The van der Waals surface area contributed by atoms with E-state index in [0.717, 1.165) is 13.8 Å². The largest absolute Gasteiger partial charge is 0.415 e. The number of carbonyl (C=O) groups excluding carboxylic acids is 1. The van der Waals surface area contributed by atoms with E-state index in [-0.39, 0.29) is 11.1 Å². The van der Waals surface area contributed by atoms with Crippen LogP contribution in [0.25, 0.3) is 0 Å². The van der Waals surface area contributed by atoms with Crippen LogP contribution >= 0.6 is 0 Å². The predicted octanol–water partition coefficient (Wildman–Crippen LogP) is 2.47. The summed E-state index contributed by atoms with van der Waals surface area (Å²) in [6.07, 6.45) is -4.63. The summed E-state index contributed by atoms with van der Waals surface area (Å²) in [4.78, 5) is 10.9. The van der Waals surface area contributed by atoms with Crippen molar-refractivity contribution in [2.45, 2.75) is 25.6 Å². The Morgan fingerprint density at radius 2 is 1.78 bits per heavy atom. The standard InChI is InChI=1S/C12H11F3N2O/c1-8(18)17-11(2,12(13,14)15)10-5-3-9(7-16)4-6-10/h3-6H,1-2H3,(H,17,18). The molecule has 3 nitrogen and oxygen atoms in total. The molecule has 0 fully saturated rings. The highest BCUT2D eigenvalue weighted by atomic mass is 19.4. The van der Waals surface area contributed by atoms with Gasteiger partial charge in [-0.2, -0.15) is 18.4 Å². The average molecular weight is 256 g/mol. The molecule has 0 aliphatic carbocycles. The molecule has 1 rings (SSSR count). The van der Waals surface area contributed by atoms with Crippen molar-refractivity contribution in [3.05, 3.63) is 35.4 Å². The van der Waals surface area contributed by atoms with Crippen LogP contribution in [0.2, 0.25) is 0 Å². The van der Waals surface area contributed by atoms with Crippen molar-refractivity contribution in [3.63, 3.8) is 0 Å². The molecule has 0 spiro atoms. The van der Waals surface area contributed by atoms with Crippen molar-refractivity contribution in [1.82, 2.24) is 5.32 Å². The molecule has 0 radical (unpaired) electrons. The lowest BCUT2D eigenvalue weighted by Gasteiger charge is -2.33. The topological polar surface area (TPSA) is 52.9 Å². The van der Waals surface area contributed by atoms with Gasteiger partial charge in [0.25, 0.3) is 0 Å². The van der Waals surface area contributed by atoms with Crippen LogP contribution in [0.1, 0.15) is 25.0 Å². The number of nitrogens with zero attached hydrogens (tertiary/aromatic N) is 1. The van der Waals surface area contributed by atoms with E-state index in [0.29, 0.717) is 0 Å². The lowest BCUT2D eigenvalue weighted by molar-refractivity contribution is -0.197. The van der Waals surface area contributed by atoms with E-state index in [1.54, 1.807) is 0 Å². The SMILES string of the molecule is CC(=O)NC(C)(c1ccc(C#N)cc1)C(F)(F)F. The zero-order chi connectivity index (χ0) is 14.0. The fraction of sp³-hybridized carbons (Fsp3) is 0.333. The average Bonchev–Trinajstić information content (AvgIpc) is 2.26. The highest BCUT2D eigenvalue weighted by Gasteiger charge is 2.53. The second-order valence-electron chi connectivity index (χ2n) is 3.99. The van der Waals surface area contributed by atoms with Gasteiger partial charge in [0.1, 0.15) is 0 Å². The number of hydrogen-bond donors (Lipinski definition) is 1. The van der Waals surface area contributed by atoms with Gasteiger partial charge < -0.3 is 5.32 Å². The zero-order valence-electron chi connectivity index (χ0n) is 9.80. The minimum Gasteiger partial charge on any atom is -0.339 e. The number of alkyl halides is 3. The van der Waals surface area contributed by atoms with Gasteiger partial charge in [0.2, 0.25) is 5.91 Å². The molecule has 18 heavy (non-hydrogen) atoms. The highest BCUT2D eigenvalue weighted by Crippen LogP contribution is 2.38. The van der Waals surface area contributed by atoms with Crippen LogP contribution in [0, 0.1) is 11.3 Å². The van der Waals surface area contributed by atoms with Crippen molar-refractivity contribution in [1.29, 1.82) is 5.26 Å². The quantitative estimate of drug-likeness (QED) is 0.883. The zero-order valence-corrected chi connectivity index (χ0v) is 9.80. The Bertz CT molecular complexity index is 488. The molecule has 1 atom stereocenters. The van der Waals surface area contributed by atoms with Gasteiger partial charge in [-0.05, 0) is 24.6 Å². The summed E-state index contributed by atoms with van der Waals surface area (Å²) in [5, 5.41) is 10.5. The third-order valence-electron chi connectivity index (χ3n) is 2.58. The maximum absolute atomic E-state index is 13.1. The first kappa shape index (κ1) is 14.0. The Morgan fingerprint density at radius 1 is 1.28 bits per heavy atom. The number of rotatable bonds is 2. The van der Waals surface area contributed by atoms with Crippen LogP contribution in [-0.4, -0.2) is 12.1 Å². The lowest BCUT2D eigenvalue weighted by Crippen LogP contribution is -2.53. The number of amides is 1. The van der Waals surface area contributed by atoms with E-state index in [1.807, 2.05) is 11.4 Å². The van der Waals surface area contributed by atoms with Crippen molar-refractivity contribution in [2.24, 2.45) is 0 Å². The van der Waals surface area contributed by atoms with E-state index < -0.39 is 17.6 Å². The van der Waals surface area contributed by atoms with Crippen LogP contribution in [-0.2, 0) is 10.3 Å². The van der Waals surface area contributed by atoms with Crippen LogP contribution in [0.5, 0.6) is 0 Å². The van der Waals surface area contributed by atoms with Gasteiger partial charge in [-0.15, -0.1) is 0 Å². The van der Waals surface area contributed by atoms with Crippen molar-refractivity contribution < 1.29 is 18.0 Å². The van der Waals surface area contributed by atoms with E-state index in [4.69, 9.17) is 5.26 Å². The van der Waals surface area contributed by atoms with Crippen molar-refractivity contribution in [2.75, 3.05) is 0 Å². The number of halogens is 3. The molecule has 1 unspecified atom stereocenters. The first-order valence-electron chi connectivity index (χ1n) is 5.07. The van der Waals surface area contributed by atoms with Gasteiger partial charge in [-0.1, -0.05) is 12.1 Å². The molecule has 0 aromatic heterocycles. The Labute approximate surface area is 102 Å². The maximum atomic E-state index is 13.1. The lowest BCUT2D eigenvalue weighted by atomic mass is 9.90. The third-order valence-corrected chi connectivity index (χ3v) is 2.58. The van der Waals surface area contributed by atoms with E-state index in [2.05, 4.69) is 0 Å². The monoisotopic (exact) mass is 256 g/mol. The fourth-order valence-electron chi connectivity index (χ4n) is 1.54. The maximum Gasteiger partial charge on any atom is 0.415 e. The van der Waals surface area contributed by atoms with Gasteiger partial charge in [0, 0.05) is 6.92 Å². The molecule has 0 saturated heterocycles. The van der Waals surface area contributed by atoms with Gasteiger partial charge >= 0.3 is 6.18 Å². The molecule has 96 valence electrons. The Kier molecular flexibility index (Phi) is 3.65. The van der Waals surface area contributed by atoms with Crippen molar-refractivity contribution >= 4 is 5.91 Å². The Hall–Kier alpha value is -2.03. The molecule has 0 aliphatic rings. The summed E-state index contributed by atoms with van der Waals surface area (Å²) in [5.41, 5.74) is -2.33. The molecule has 0 aliphatic heterocycles. The number of nitrogens with one attached hydrogen (secondary N) is 1. The molecule has 0 saturated carbocycles. The van der Waals surface area contributed by atoms with E-state index >= 15 is 0 Å². The van der Waals surface area contributed by atoms with Gasteiger partial charge in [-0.3, -0.25) is 4.79 Å². The summed E-state index contributed by atoms with van der Waals surface area (Å²) in [6.45, 7) is 1.91. The third kappa shape index (κ3) is 2.62. The second kappa shape index (κ2) is 4.69. The minimum atomic E-state index is -4.63. The summed E-state index contributed by atoms with van der Waals surface area (Å²) in [5.74, 6) is -0.779. The number of hydrogen-bond acceptors (Lipinski definition) is 2. The number of benzene rings is 1. The predicted molar refractivity (Wildman–Crippen MR) is 58.4 cm³/mol.